The van der Waals surface area contributed by atoms with Gasteiger partial charge < -0.3 is 11.1 Å². The van der Waals surface area contributed by atoms with Gasteiger partial charge in [-0.1, -0.05) is 13.8 Å². The minimum absolute atomic E-state index is 0. The van der Waals surface area contributed by atoms with E-state index in [0.29, 0.717) is 0 Å². The fourth-order valence-electron chi connectivity index (χ4n) is 1.68. The summed E-state index contributed by atoms with van der Waals surface area (Å²) in [5.41, 5.74) is 7.83. The van der Waals surface area contributed by atoms with Crippen LogP contribution in [0.2, 0.25) is 0 Å². The molecule has 0 unspecified atom stereocenters. The normalized spacial score (nSPS) is 16.7. The first-order valence-electron chi connectivity index (χ1n) is 4.56. The predicted molar refractivity (Wildman–Crippen MR) is 68.1 cm³/mol. The lowest BCUT2D eigenvalue weighted by molar-refractivity contribution is 0.294. The first-order valence-corrected chi connectivity index (χ1v) is 4.56. The highest BCUT2D eigenvalue weighted by Gasteiger charge is 2.27. The molecule has 0 bridgehead atoms. The third-order valence-electron chi connectivity index (χ3n) is 2.49. The van der Waals surface area contributed by atoms with Crippen LogP contribution in [0.4, 0.5) is 11.5 Å². The summed E-state index contributed by atoms with van der Waals surface area (Å²) in [7, 11) is 0. The number of nitrogen functional groups attached to an aromatic ring is 1. The molecule has 6 heteroatoms. The van der Waals surface area contributed by atoms with Gasteiger partial charge in [0.1, 0.15) is 5.82 Å². The number of anilines is 2. The molecule has 0 radical (unpaired) electrons. The summed E-state index contributed by atoms with van der Waals surface area (Å²) in [4.78, 5) is 0. The highest BCUT2D eigenvalue weighted by atomic mass is 35.5. The van der Waals surface area contributed by atoms with Gasteiger partial charge in [-0.3, -0.25) is 0 Å². The average Bonchev–Trinajstić information content (AvgIpc) is 2.25. The molecule has 0 saturated carbocycles. The molecule has 0 fully saturated rings. The molecular formula is C9H18Cl2N4. The van der Waals surface area contributed by atoms with Crippen molar-refractivity contribution in [3.05, 3.63) is 5.69 Å². The Balaban J connectivity index is 0.000000980. The van der Waals surface area contributed by atoms with E-state index in [1.54, 1.807) is 0 Å². The number of aryl methyl sites for hydroxylation is 1. The zero-order chi connectivity index (χ0) is 9.64. The van der Waals surface area contributed by atoms with Gasteiger partial charge in [-0.25, -0.2) is 4.68 Å². The Morgan fingerprint density at radius 2 is 2.00 bits per heavy atom. The van der Waals surface area contributed by atoms with Crippen LogP contribution in [0.25, 0.3) is 0 Å². The van der Waals surface area contributed by atoms with Gasteiger partial charge in [-0.2, -0.15) is 5.10 Å². The Hall–Kier alpha value is -0.610. The molecule has 88 valence electrons. The van der Waals surface area contributed by atoms with Crippen LogP contribution in [0.1, 0.15) is 19.5 Å². The molecular weight excluding hydrogens is 235 g/mol. The van der Waals surface area contributed by atoms with Gasteiger partial charge in [0.25, 0.3) is 0 Å². The van der Waals surface area contributed by atoms with Crippen LogP contribution in [0.15, 0.2) is 0 Å². The second kappa shape index (κ2) is 4.49. The van der Waals surface area contributed by atoms with E-state index < -0.39 is 0 Å². The van der Waals surface area contributed by atoms with Crippen LogP contribution in [-0.2, 0) is 6.54 Å². The first-order chi connectivity index (χ1) is 5.99. The number of halogens is 2. The number of nitrogens with zero attached hydrogens (tertiary/aromatic N) is 2. The Labute approximate surface area is 102 Å². The first kappa shape index (κ1) is 14.4. The van der Waals surface area contributed by atoms with Gasteiger partial charge in [0.05, 0.1) is 17.9 Å². The Morgan fingerprint density at radius 1 is 1.40 bits per heavy atom. The van der Waals surface area contributed by atoms with Crippen LogP contribution in [0, 0.1) is 12.3 Å². The van der Waals surface area contributed by atoms with Gasteiger partial charge in [0.2, 0.25) is 0 Å². The highest BCUT2D eigenvalue weighted by molar-refractivity contribution is 5.85. The summed E-state index contributed by atoms with van der Waals surface area (Å²) < 4.78 is 1.97. The minimum atomic E-state index is 0. The second-order valence-electron chi connectivity index (χ2n) is 4.52. The van der Waals surface area contributed by atoms with E-state index in [2.05, 4.69) is 24.3 Å². The summed E-state index contributed by atoms with van der Waals surface area (Å²) in [6.45, 7) is 8.28. The van der Waals surface area contributed by atoms with Crippen molar-refractivity contribution in [3.63, 3.8) is 0 Å². The lowest BCUT2D eigenvalue weighted by atomic mass is 9.92. The van der Waals surface area contributed by atoms with Crippen LogP contribution in [0.5, 0.6) is 0 Å². The van der Waals surface area contributed by atoms with Crippen molar-refractivity contribution in [2.24, 2.45) is 5.41 Å². The van der Waals surface area contributed by atoms with E-state index >= 15 is 0 Å². The van der Waals surface area contributed by atoms with Crippen molar-refractivity contribution in [2.45, 2.75) is 27.3 Å². The number of fused-ring (bicyclic) bond motifs is 1. The molecule has 15 heavy (non-hydrogen) atoms. The van der Waals surface area contributed by atoms with Gasteiger partial charge in [0.15, 0.2) is 0 Å². The predicted octanol–water partition coefficient (Wildman–Crippen LogP) is 2.07. The Kier molecular flexibility index (Phi) is 4.31. The maximum absolute atomic E-state index is 5.87. The van der Waals surface area contributed by atoms with Crippen molar-refractivity contribution >= 4 is 36.3 Å². The van der Waals surface area contributed by atoms with Gasteiger partial charge in [-0.15, -0.1) is 24.8 Å². The third-order valence-corrected chi connectivity index (χ3v) is 2.49. The summed E-state index contributed by atoms with van der Waals surface area (Å²) in [6.07, 6.45) is 0. The topological polar surface area (TPSA) is 55.9 Å². The molecule has 1 aromatic rings. The Morgan fingerprint density at radius 3 is 2.60 bits per heavy atom. The molecule has 0 atom stereocenters. The monoisotopic (exact) mass is 252 g/mol. The average molecular weight is 253 g/mol. The largest absolute Gasteiger partial charge is 0.394 e. The molecule has 1 aliphatic rings. The van der Waals surface area contributed by atoms with Crippen molar-refractivity contribution in [1.29, 1.82) is 0 Å². The van der Waals surface area contributed by atoms with Gasteiger partial charge in [-0.05, 0) is 6.92 Å². The van der Waals surface area contributed by atoms with E-state index in [0.717, 1.165) is 30.3 Å². The third kappa shape index (κ3) is 2.49. The summed E-state index contributed by atoms with van der Waals surface area (Å²) in [6, 6.07) is 0. The molecule has 0 spiro atoms. The van der Waals surface area contributed by atoms with Gasteiger partial charge in [0, 0.05) is 12.0 Å². The second-order valence-corrected chi connectivity index (χ2v) is 4.52. The molecule has 0 amide bonds. The summed E-state index contributed by atoms with van der Waals surface area (Å²) in [5.74, 6) is 0.983. The van der Waals surface area contributed by atoms with Crippen molar-refractivity contribution in [2.75, 3.05) is 17.6 Å². The molecule has 0 aliphatic carbocycles. The van der Waals surface area contributed by atoms with E-state index in [4.69, 9.17) is 5.73 Å². The van der Waals surface area contributed by atoms with Crippen LogP contribution in [-0.4, -0.2) is 16.3 Å². The molecule has 2 heterocycles. The number of rotatable bonds is 0. The molecule has 4 nitrogen and oxygen atoms in total. The standard InChI is InChI=1S/C9H16N4.2ClH/c1-6-7(10)8-11-4-9(2,3)5-13(8)12-6;;/h11H,4-5,10H2,1-3H3;2*1H. The fourth-order valence-corrected chi connectivity index (χ4v) is 1.68. The molecule has 1 aromatic heterocycles. The summed E-state index contributed by atoms with van der Waals surface area (Å²) >= 11 is 0. The SMILES string of the molecule is Cc1nn2c(c1N)NCC(C)(C)C2.Cl.Cl. The Bertz CT molecular complexity index is 346. The van der Waals surface area contributed by atoms with Crippen molar-refractivity contribution < 1.29 is 0 Å². The maximum Gasteiger partial charge on any atom is 0.148 e. The van der Waals surface area contributed by atoms with Gasteiger partial charge >= 0.3 is 0 Å². The zero-order valence-corrected chi connectivity index (χ0v) is 10.8. The fraction of sp³-hybridized carbons (Fsp3) is 0.667. The zero-order valence-electron chi connectivity index (χ0n) is 9.20. The number of aromatic nitrogens is 2. The van der Waals surface area contributed by atoms with Crippen LogP contribution in [0.3, 0.4) is 0 Å². The maximum atomic E-state index is 5.87. The van der Waals surface area contributed by atoms with E-state index in [9.17, 15) is 0 Å². The van der Waals surface area contributed by atoms with E-state index in [-0.39, 0.29) is 30.2 Å². The van der Waals surface area contributed by atoms with E-state index in [1.807, 2.05) is 11.6 Å². The smallest absolute Gasteiger partial charge is 0.148 e. The number of hydrogen-bond donors (Lipinski definition) is 2. The number of nitrogens with two attached hydrogens (primary N) is 1. The molecule has 0 aromatic carbocycles. The molecule has 0 saturated heterocycles. The highest BCUT2D eigenvalue weighted by Crippen LogP contribution is 2.31. The van der Waals surface area contributed by atoms with Crippen molar-refractivity contribution in [1.82, 2.24) is 9.78 Å². The lowest BCUT2D eigenvalue weighted by Gasteiger charge is -2.31. The van der Waals surface area contributed by atoms with Crippen LogP contribution >= 0.6 is 24.8 Å². The van der Waals surface area contributed by atoms with Crippen molar-refractivity contribution in [3.8, 4) is 0 Å². The number of hydrogen-bond acceptors (Lipinski definition) is 3. The molecule has 3 N–H and O–H groups in total. The molecule has 1 aliphatic heterocycles. The summed E-state index contributed by atoms with van der Waals surface area (Å²) in [5, 5.41) is 7.69. The molecule has 2 rings (SSSR count). The minimum Gasteiger partial charge on any atom is -0.394 e. The van der Waals surface area contributed by atoms with E-state index in [1.165, 1.54) is 0 Å². The quantitative estimate of drug-likeness (QED) is 0.744. The lowest BCUT2D eigenvalue weighted by Crippen LogP contribution is -2.34. The van der Waals surface area contributed by atoms with Crippen LogP contribution < -0.4 is 11.1 Å². The number of nitrogens with one attached hydrogen (secondary N) is 1.